The van der Waals surface area contributed by atoms with Gasteiger partial charge in [-0.05, 0) is 53.7 Å². The van der Waals surface area contributed by atoms with Crippen LogP contribution >= 0.6 is 0 Å². The molecule has 2 atom stereocenters. The molecule has 1 aliphatic carbocycles. The molecule has 3 rings (SSSR count). The first-order chi connectivity index (χ1) is 12.9. The first-order valence-corrected chi connectivity index (χ1v) is 9.23. The number of nitrogens with one attached hydrogen (secondary N) is 1. The Kier molecular flexibility index (Phi) is 5.85. The predicted molar refractivity (Wildman–Crippen MR) is 105 cm³/mol. The Labute approximate surface area is 158 Å². The summed E-state index contributed by atoms with van der Waals surface area (Å²) in [6.45, 7) is 4.95. The van der Waals surface area contributed by atoms with Crippen LogP contribution in [0.4, 0.5) is 13.2 Å². The van der Waals surface area contributed by atoms with Gasteiger partial charge < -0.3 is 5.32 Å². The van der Waals surface area contributed by atoms with Gasteiger partial charge in [-0.3, -0.25) is 0 Å². The second kappa shape index (κ2) is 8.13. The molecule has 0 fully saturated rings. The van der Waals surface area contributed by atoms with E-state index >= 15 is 0 Å². The van der Waals surface area contributed by atoms with E-state index in [-0.39, 0.29) is 6.04 Å². The van der Waals surface area contributed by atoms with Crippen molar-refractivity contribution in [2.75, 3.05) is 6.54 Å². The number of allylic oxidation sites excluding steroid dienone is 1. The fourth-order valence-electron chi connectivity index (χ4n) is 3.51. The highest BCUT2D eigenvalue weighted by Gasteiger charge is 2.30. The molecular weight excluding hydrogens is 347 g/mol. The van der Waals surface area contributed by atoms with Crippen LogP contribution < -0.4 is 5.32 Å². The average molecular weight is 371 g/mol. The van der Waals surface area contributed by atoms with Gasteiger partial charge in [0.05, 0.1) is 5.56 Å². The van der Waals surface area contributed by atoms with E-state index in [1.54, 1.807) is 12.1 Å². The van der Waals surface area contributed by atoms with Gasteiger partial charge in [0.2, 0.25) is 0 Å². The van der Waals surface area contributed by atoms with E-state index in [2.05, 4.69) is 49.5 Å². The third-order valence-electron chi connectivity index (χ3n) is 5.03. The molecule has 1 N–H and O–H groups in total. The van der Waals surface area contributed by atoms with Crippen LogP contribution in [0.1, 0.15) is 48.4 Å². The molecular formula is C23H24F3N. The van der Waals surface area contributed by atoms with Crippen LogP contribution in [0.2, 0.25) is 0 Å². The van der Waals surface area contributed by atoms with E-state index < -0.39 is 11.7 Å². The van der Waals surface area contributed by atoms with Crippen LogP contribution in [-0.4, -0.2) is 12.6 Å². The molecule has 2 aromatic carbocycles. The molecule has 0 amide bonds. The van der Waals surface area contributed by atoms with Gasteiger partial charge in [0, 0.05) is 12.6 Å². The molecule has 0 heterocycles. The van der Waals surface area contributed by atoms with Crippen molar-refractivity contribution in [3.63, 3.8) is 0 Å². The van der Waals surface area contributed by atoms with Crippen LogP contribution in [-0.2, 0) is 6.18 Å². The molecule has 4 heteroatoms. The Morgan fingerprint density at radius 3 is 2.70 bits per heavy atom. The van der Waals surface area contributed by atoms with Crippen molar-refractivity contribution in [1.82, 2.24) is 5.32 Å². The van der Waals surface area contributed by atoms with Gasteiger partial charge in [0.25, 0.3) is 0 Å². The molecule has 27 heavy (non-hydrogen) atoms. The molecule has 142 valence electrons. The number of benzene rings is 2. The van der Waals surface area contributed by atoms with Gasteiger partial charge in [-0.25, -0.2) is 0 Å². The second-order valence-electron chi connectivity index (χ2n) is 7.04. The molecule has 2 aromatic rings. The highest BCUT2D eigenvalue weighted by molar-refractivity contribution is 5.74. The van der Waals surface area contributed by atoms with Gasteiger partial charge in [0.1, 0.15) is 0 Å². The minimum absolute atomic E-state index is 0.171. The van der Waals surface area contributed by atoms with E-state index in [1.807, 2.05) is 6.08 Å². The molecule has 0 aromatic heterocycles. The summed E-state index contributed by atoms with van der Waals surface area (Å²) in [5.41, 5.74) is 3.89. The Balaban J connectivity index is 1.62. The van der Waals surface area contributed by atoms with Crippen LogP contribution in [0.15, 0.2) is 60.7 Å². The molecule has 0 aliphatic heterocycles. The molecule has 1 aliphatic rings. The van der Waals surface area contributed by atoms with Crippen molar-refractivity contribution < 1.29 is 13.2 Å². The maximum Gasteiger partial charge on any atom is 0.416 e. The standard InChI is InChI=1S/C23H24F3N/c1-16-12-13-21(22-11-4-3-10-20(16)22)17(2)27-14-6-8-18-7-5-9-19(15-18)23(24,25)26/h3-11,13,15-17,27H,12,14H2,1-2H3. The molecule has 2 unspecified atom stereocenters. The van der Waals surface area contributed by atoms with E-state index in [9.17, 15) is 13.2 Å². The molecule has 1 nitrogen and oxygen atoms in total. The fraction of sp³-hybridized carbons (Fsp3) is 0.304. The van der Waals surface area contributed by atoms with Gasteiger partial charge in [-0.1, -0.05) is 61.5 Å². The average Bonchev–Trinajstić information content (AvgIpc) is 2.65. The lowest BCUT2D eigenvalue weighted by molar-refractivity contribution is -0.137. The Morgan fingerprint density at radius 2 is 1.93 bits per heavy atom. The summed E-state index contributed by atoms with van der Waals surface area (Å²) in [6, 6.07) is 14.0. The summed E-state index contributed by atoms with van der Waals surface area (Å²) in [4.78, 5) is 0. The predicted octanol–water partition coefficient (Wildman–Crippen LogP) is 6.29. The Hall–Kier alpha value is -2.33. The quantitative estimate of drug-likeness (QED) is 0.651. The third-order valence-corrected chi connectivity index (χ3v) is 5.03. The highest BCUT2D eigenvalue weighted by atomic mass is 19.4. The topological polar surface area (TPSA) is 12.0 Å². The molecule has 0 saturated heterocycles. The fourth-order valence-corrected chi connectivity index (χ4v) is 3.51. The van der Waals surface area contributed by atoms with Crippen molar-refractivity contribution in [1.29, 1.82) is 0 Å². The SMILES string of the molecule is CC(NCC=Cc1cccc(C(F)(F)F)c1)C1=CCC(C)c2ccccc21. The molecule has 0 spiro atoms. The number of hydrogen-bond acceptors (Lipinski definition) is 1. The first-order valence-electron chi connectivity index (χ1n) is 9.23. The number of rotatable bonds is 5. The largest absolute Gasteiger partial charge is 0.416 e. The van der Waals surface area contributed by atoms with Crippen LogP contribution in [0.5, 0.6) is 0 Å². The summed E-state index contributed by atoms with van der Waals surface area (Å²) in [5.74, 6) is 0.526. The van der Waals surface area contributed by atoms with Crippen LogP contribution in [0.3, 0.4) is 0 Å². The van der Waals surface area contributed by atoms with E-state index in [4.69, 9.17) is 0 Å². The zero-order valence-electron chi connectivity index (χ0n) is 15.6. The molecule has 0 saturated carbocycles. The normalized spacial score (nSPS) is 18.3. The smallest absolute Gasteiger partial charge is 0.307 e. The maximum atomic E-state index is 12.8. The lowest BCUT2D eigenvalue weighted by Gasteiger charge is -2.27. The monoisotopic (exact) mass is 371 g/mol. The van der Waals surface area contributed by atoms with Crippen LogP contribution in [0, 0.1) is 0 Å². The van der Waals surface area contributed by atoms with E-state index in [0.717, 1.165) is 12.5 Å². The number of hydrogen-bond donors (Lipinski definition) is 1. The number of fused-ring (bicyclic) bond motifs is 1. The van der Waals surface area contributed by atoms with Crippen molar-refractivity contribution in [2.24, 2.45) is 0 Å². The van der Waals surface area contributed by atoms with Crippen molar-refractivity contribution in [3.8, 4) is 0 Å². The summed E-state index contributed by atoms with van der Waals surface area (Å²) >= 11 is 0. The minimum atomic E-state index is -4.31. The van der Waals surface area contributed by atoms with Gasteiger partial charge in [-0.15, -0.1) is 0 Å². The number of halogens is 3. The highest BCUT2D eigenvalue weighted by Crippen LogP contribution is 2.35. The zero-order valence-corrected chi connectivity index (χ0v) is 15.6. The zero-order chi connectivity index (χ0) is 19.4. The summed E-state index contributed by atoms with van der Waals surface area (Å²) < 4.78 is 38.3. The third kappa shape index (κ3) is 4.69. The van der Waals surface area contributed by atoms with Crippen molar-refractivity contribution in [3.05, 3.63) is 82.9 Å². The first kappa shape index (κ1) is 19.4. The minimum Gasteiger partial charge on any atom is -0.307 e. The summed E-state index contributed by atoms with van der Waals surface area (Å²) in [5, 5.41) is 3.45. The van der Waals surface area contributed by atoms with Crippen molar-refractivity contribution >= 4 is 11.6 Å². The maximum absolute atomic E-state index is 12.8. The Bertz CT molecular complexity index is 849. The van der Waals surface area contributed by atoms with Crippen LogP contribution in [0.25, 0.3) is 11.6 Å². The van der Waals surface area contributed by atoms with E-state index in [0.29, 0.717) is 18.0 Å². The van der Waals surface area contributed by atoms with Gasteiger partial charge in [0.15, 0.2) is 0 Å². The molecule has 0 radical (unpaired) electrons. The van der Waals surface area contributed by atoms with Gasteiger partial charge in [-0.2, -0.15) is 13.2 Å². The summed E-state index contributed by atoms with van der Waals surface area (Å²) in [7, 11) is 0. The molecule has 0 bridgehead atoms. The second-order valence-corrected chi connectivity index (χ2v) is 7.04. The van der Waals surface area contributed by atoms with E-state index in [1.165, 1.54) is 28.8 Å². The Morgan fingerprint density at radius 1 is 1.15 bits per heavy atom. The lowest BCUT2D eigenvalue weighted by atomic mass is 9.82. The lowest BCUT2D eigenvalue weighted by Crippen LogP contribution is -2.28. The number of alkyl halides is 3. The van der Waals surface area contributed by atoms with Crippen molar-refractivity contribution in [2.45, 2.75) is 38.4 Å². The summed E-state index contributed by atoms with van der Waals surface area (Å²) in [6.07, 6.45) is 2.60. The van der Waals surface area contributed by atoms with Gasteiger partial charge >= 0.3 is 6.18 Å².